The van der Waals surface area contributed by atoms with Gasteiger partial charge in [-0.1, -0.05) is 0 Å². The number of rotatable bonds is 11. The Balaban J connectivity index is 0.000000376. The number of methoxy groups -OCH3 is 2. The predicted octanol–water partition coefficient (Wildman–Crippen LogP) is 11.8. The zero-order valence-corrected chi connectivity index (χ0v) is 56.7. The van der Waals surface area contributed by atoms with Gasteiger partial charge in [-0.3, -0.25) is 34.0 Å². The first kappa shape index (κ1) is 78.0. The normalized spacial score (nSPS) is 13.0. The maximum absolute atomic E-state index is 13.5. The second-order valence-electron chi connectivity index (χ2n) is 16.2. The minimum Gasteiger partial charge on any atom is -0.504 e. The average molecular weight is 1660 g/mol. The number of hydrogen-bond acceptors (Lipinski definition) is 20. The molecule has 8 rings (SSSR count). The smallest absolute Gasteiger partial charge is 0.369 e. The van der Waals surface area contributed by atoms with E-state index in [0.717, 1.165) is 30.7 Å². The second kappa shape index (κ2) is 37.8. The highest BCUT2D eigenvalue weighted by Crippen LogP contribution is 2.31. The minimum absolute atomic E-state index is 0.0594. The molecule has 0 saturated carbocycles. The van der Waals surface area contributed by atoms with Crippen molar-refractivity contribution in [1.29, 1.82) is 0 Å². The molecule has 0 aliphatic carbocycles. The Kier molecular flexibility index (Phi) is 33.5. The SMILES string of the molecule is BrB(Br)Br.BrB(Br)Br.CN=C=O.CNC(=O)C1=NC=C(C(=O)c2cc(F)cc(F)c2O)C1.COc1c(F)cc(F)cc1C(=O)C1=CN=CC1.COc1c(F)cc(F)cc1C(=O)C1=NN=C(SC)C1.CS(=O)(=O)C1=NN=C(C(=O)c2cc(F)cc(F)c2O)C1. The Morgan fingerprint density at radius 2 is 1.01 bits per heavy atom. The van der Waals surface area contributed by atoms with Crippen LogP contribution in [-0.2, 0) is 19.4 Å². The van der Waals surface area contributed by atoms with Crippen molar-refractivity contribution in [1.82, 2.24) is 5.32 Å². The molecular weight excluding hydrogens is 1620 g/mol. The molecule has 4 heterocycles. The predicted molar refractivity (Wildman–Crippen MR) is 341 cm³/mol. The molecule has 0 unspecified atom stereocenters. The van der Waals surface area contributed by atoms with Crippen LogP contribution in [-0.4, -0.2) is 134 Å². The number of allylic oxidation sites excluding steroid dienone is 2. The van der Waals surface area contributed by atoms with Gasteiger partial charge in [0.25, 0.3) is 5.91 Å². The van der Waals surface area contributed by atoms with Crippen molar-refractivity contribution in [3.8, 4) is 23.0 Å². The first-order valence-electron chi connectivity index (χ1n) is 23.3. The second-order valence-corrected chi connectivity index (χ2v) is 32.0. The number of nitrogens with one attached hydrogen (secondary N) is 1. The Morgan fingerprint density at radius 3 is 1.40 bits per heavy atom. The lowest BCUT2D eigenvalue weighted by molar-refractivity contribution is -0.114. The fourth-order valence-electron chi connectivity index (χ4n) is 6.59. The van der Waals surface area contributed by atoms with Crippen molar-refractivity contribution >= 4 is 191 Å². The van der Waals surface area contributed by atoms with Gasteiger partial charge in [0, 0.05) is 93.6 Å². The number of aliphatic imine (C=N–C) groups is 3. The molecule has 0 spiro atoms. The van der Waals surface area contributed by atoms with E-state index in [0.29, 0.717) is 47.4 Å². The third kappa shape index (κ3) is 24.3. The number of benzene rings is 4. The van der Waals surface area contributed by atoms with Crippen LogP contribution in [0.2, 0.25) is 0 Å². The fraction of sp³-hybridized carbons (Fsp3) is 0.200. The molecular formula is C50H40B2Br6F8N8O12S2. The summed E-state index contributed by atoms with van der Waals surface area (Å²) in [5, 5.41) is 35.8. The number of isocyanates is 1. The Bertz CT molecular complexity index is 3760. The van der Waals surface area contributed by atoms with E-state index in [1.807, 2.05) is 6.26 Å². The minimum atomic E-state index is -3.61. The number of ether oxygens (including phenoxy) is 2. The van der Waals surface area contributed by atoms with Crippen LogP contribution in [0.15, 0.2) is 107 Å². The number of carbonyl (C=O) groups is 5. The molecule has 4 aliphatic rings. The van der Waals surface area contributed by atoms with Crippen LogP contribution in [0.4, 0.5) is 35.1 Å². The maximum atomic E-state index is 13.5. The molecule has 0 saturated heterocycles. The summed E-state index contributed by atoms with van der Waals surface area (Å²) in [5.41, 5.74) is -1.03. The fourth-order valence-corrected chi connectivity index (χ4v) is 7.58. The Hall–Kier alpha value is -6.14. The lowest BCUT2D eigenvalue weighted by Crippen LogP contribution is -2.27. The van der Waals surface area contributed by atoms with Crippen molar-refractivity contribution in [2.24, 2.45) is 35.4 Å². The summed E-state index contributed by atoms with van der Waals surface area (Å²) >= 11 is 20.0. The number of nitrogens with zero attached hydrogens (tertiary/aromatic N) is 7. The summed E-state index contributed by atoms with van der Waals surface area (Å²) in [6, 6.07) is 5.50. The van der Waals surface area contributed by atoms with Gasteiger partial charge in [-0.05, 0) is 30.5 Å². The average Bonchev–Trinajstić information content (AvgIpc) is 3.98. The van der Waals surface area contributed by atoms with Gasteiger partial charge in [0.15, 0.2) is 72.7 Å². The van der Waals surface area contributed by atoms with Gasteiger partial charge >= 0.3 is 6.37 Å². The molecule has 4 aromatic carbocycles. The quantitative estimate of drug-likeness (QED) is 0.0414. The number of thioether (sulfide) groups is 1. The third-order valence-electron chi connectivity index (χ3n) is 10.4. The number of carbonyl (C=O) groups excluding carboxylic acids is 6. The number of phenolic OH excluding ortho intramolecular Hbond substituents is 2. The van der Waals surface area contributed by atoms with E-state index in [1.54, 1.807) is 6.21 Å². The highest BCUT2D eigenvalue weighted by molar-refractivity contribution is 9.70. The number of Topliss-reactive ketones (excluding diaryl/α,β-unsaturated/α-hetero) is 4. The van der Waals surface area contributed by atoms with Crippen LogP contribution in [0.5, 0.6) is 23.0 Å². The summed E-state index contributed by atoms with van der Waals surface area (Å²) in [6.45, 7) is 0. The zero-order valence-electron chi connectivity index (χ0n) is 45.5. The Labute approximate surface area is 549 Å². The van der Waals surface area contributed by atoms with Gasteiger partial charge in [0.05, 0.1) is 42.9 Å². The molecule has 4 aliphatic heterocycles. The van der Waals surface area contributed by atoms with Crippen LogP contribution >= 0.6 is 106 Å². The van der Waals surface area contributed by atoms with Crippen molar-refractivity contribution in [3.63, 3.8) is 0 Å². The number of ketones is 4. The third-order valence-corrected chi connectivity index (χ3v) is 12.2. The van der Waals surface area contributed by atoms with E-state index >= 15 is 0 Å². The van der Waals surface area contributed by atoms with Gasteiger partial charge in [-0.15, -0.1) is 117 Å². The molecule has 468 valence electrons. The summed E-state index contributed by atoms with van der Waals surface area (Å²) in [6.07, 6.45) is 8.28. The summed E-state index contributed by atoms with van der Waals surface area (Å²) in [5.74, 6) is -13.8. The van der Waals surface area contributed by atoms with Crippen molar-refractivity contribution < 1.29 is 92.0 Å². The molecule has 0 bridgehead atoms. The standard InChI is InChI=1S/C13H10F2N2O3.C12H10F2N2O2S.C12H9F2NO2.C11H8F2N2O4S.C2H3NO.2BBr3/c1-16-13(20)10-2-6(5-17-10)11(18)8-3-7(14)4-9(15)12(8)19;1-18-12-7(3-6(13)4-8(12)14)11(17)9-5-10(19-2)16-15-9;1-17-12-9(4-8(13)5-10(12)14)11(16)7-2-3-15-6-7;1-20(18,19)9-4-8(14-15-9)11(17)6-2-5(12)3-7(13)10(6)16;1-3-2-4;2*2-1(3)4/h3-5,19H,2H2,1H3,(H,16,20);3-4H,5H2,1-2H3;3-6H,2H2,1H3;2-3,16H,4H2,1H3;1H3;;. The topological polar surface area (TPSA) is 294 Å². The van der Waals surface area contributed by atoms with Gasteiger partial charge in [-0.2, -0.15) is 10.2 Å². The van der Waals surface area contributed by atoms with Gasteiger partial charge in [-0.25, -0.2) is 53.3 Å². The molecule has 1 amide bonds. The number of amides is 1. The van der Waals surface area contributed by atoms with Gasteiger partial charge in [0.1, 0.15) is 45.4 Å². The first-order valence-corrected chi connectivity index (χ1v) is 31.9. The number of halogens is 14. The van der Waals surface area contributed by atoms with Gasteiger partial charge in [0.2, 0.25) is 17.6 Å². The van der Waals surface area contributed by atoms with Gasteiger partial charge < -0.3 is 25.0 Å². The molecule has 0 atom stereocenters. The highest BCUT2D eigenvalue weighted by Gasteiger charge is 2.31. The molecule has 88 heavy (non-hydrogen) atoms. The van der Waals surface area contributed by atoms with E-state index in [1.165, 1.54) is 52.4 Å². The van der Waals surface area contributed by atoms with Crippen LogP contribution in [0.25, 0.3) is 0 Å². The van der Waals surface area contributed by atoms with Crippen molar-refractivity contribution in [2.45, 2.75) is 25.7 Å². The molecule has 20 nitrogen and oxygen atoms in total. The lowest BCUT2D eigenvalue weighted by Gasteiger charge is -2.09. The van der Waals surface area contributed by atoms with E-state index in [-0.39, 0.29) is 76.0 Å². The Morgan fingerprint density at radius 1 is 0.614 bits per heavy atom. The van der Waals surface area contributed by atoms with Crippen molar-refractivity contribution in [3.05, 3.63) is 141 Å². The first-order chi connectivity index (χ1) is 41.2. The van der Waals surface area contributed by atoms with E-state index < -0.39 is 108 Å². The molecule has 0 fully saturated rings. The molecule has 38 heteroatoms. The number of aromatic hydroxyl groups is 2. The highest BCUT2D eigenvalue weighted by atomic mass is 80.0. The molecule has 0 radical (unpaired) electrons. The van der Waals surface area contributed by atoms with Crippen LogP contribution in [0.3, 0.4) is 0 Å². The lowest BCUT2D eigenvalue weighted by atomic mass is 9.99. The monoisotopic (exact) mass is 1660 g/mol. The zero-order chi connectivity index (χ0) is 66.9. The molecule has 3 N–H and O–H groups in total. The molecule has 4 aromatic rings. The summed E-state index contributed by atoms with van der Waals surface area (Å²) in [4.78, 5) is 78.8. The van der Waals surface area contributed by atoms with Crippen LogP contribution in [0.1, 0.15) is 67.1 Å². The number of sulfone groups is 1. The summed E-state index contributed by atoms with van der Waals surface area (Å²) in [7, 11) is 1.64. The largest absolute Gasteiger partial charge is 0.504 e. The van der Waals surface area contributed by atoms with Crippen LogP contribution < -0.4 is 14.8 Å². The number of phenols is 2. The van der Waals surface area contributed by atoms with Crippen LogP contribution in [0, 0.1) is 46.5 Å². The summed E-state index contributed by atoms with van der Waals surface area (Å²) < 4.78 is 138. The van der Waals surface area contributed by atoms with E-state index in [9.17, 15) is 77.7 Å². The van der Waals surface area contributed by atoms with Crippen molar-refractivity contribution in [2.75, 3.05) is 40.8 Å². The molecule has 0 aromatic heterocycles. The van der Waals surface area contributed by atoms with E-state index in [4.69, 9.17) is 14.3 Å². The van der Waals surface area contributed by atoms with E-state index in [2.05, 4.69) is 135 Å². The number of hydrogen-bond donors (Lipinski definition) is 3. The maximum Gasteiger partial charge on any atom is 0.369 e.